The highest BCUT2D eigenvalue weighted by molar-refractivity contribution is 5.70. The predicted molar refractivity (Wildman–Crippen MR) is 74.0 cm³/mol. The van der Waals surface area contributed by atoms with E-state index in [2.05, 4.69) is 29.2 Å². The van der Waals surface area contributed by atoms with Crippen molar-refractivity contribution in [3.05, 3.63) is 35.4 Å². The summed E-state index contributed by atoms with van der Waals surface area (Å²) in [6, 6.07) is 8.89. The van der Waals surface area contributed by atoms with Gasteiger partial charge in [0.25, 0.3) is 0 Å². The molecule has 0 spiro atoms. The number of nitrogens with zero attached hydrogens (tertiary/aromatic N) is 1. The van der Waals surface area contributed by atoms with Gasteiger partial charge in [0.15, 0.2) is 0 Å². The van der Waals surface area contributed by atoms with Crippen molar-refractivity contribution in [1.29, 1.82) is 0 Å². The van der Waals surface area contributed by atoms with Gasteiger partial charge in [-0.3, -0.25) is 9.69 Å². The van der Waals surface area contributed by atoms with Crippen molar-refractivity contribution in [2.45, 2.75) is 32.2 Å². The third kappa shape index (κ3) is 2.81. The molecule has 1 aliphatic heterocycles. The Labute approximate surface area is 114 Å². The maximum atomic E-state index is 10.9. The van der Waals surface area contributed by atoms with E-state index < -0.39 is 5.97 Å². The predicted octanol–water partition coefficient (Wildman–Crippen LogP) is 2.72. The standard InChI is InChI=1S/C16H21NO2/c1-11(16(18)19)15-9-17(10-15)8-12-3-2-4-14(7-12)13-5-6-13/h2-4,7,11,13,15H,5-6,8-10H2,1H3,(H,18,19). The Morgan fingerprint density at radius 2 is 2.16 bits per heavy atom. The van der Waals surface area contributed by atoms with Crippen LogP contribution in [0.25, 0.3) is 0 Å². The van der Waals surface area contributed by atoms with Crippen LogP contribution in [0.15, 0.2) is 24.3 Å². The second-order valence-corrected chi connectivity index (χ2v) is 6.10. The second kappa shape index (κ2) is 4.97. The minimum atomic E-state index is -0.666. The summed E-state index contributed by atoms with van der Waals surface area (Å²) in [6.07, 6.45) is 2.68. The van der Waals surface area contributed by atoms with Crippen molar-refractivity contribution in [2.75, 3.05) is 13.1 Å². The number of rotatable bonds is 5. The Morgan fingerprint density at radius 1 is 1.42 bits per heavy atom. The molecule has 102 valence electrons. The minimum Gasteiger partial charge on any atom is -0.481 e. The lowest BCUT2D eigenvalue weighted by Crippen LogP contribution is -2.50. The van der Waals surface area contributed by atoms with Gasteiger partial charge in [-0.15, -0.1) is 0 Å². The van der Waals surface area contributed by atoms with E-state index in [0.29, 0.717) is 5.92 Å². The molecule has 19 heavy (non-hydrogen) atoms. The molecule has 2 fully saturated rings. The van der Waals surface area contributed by atoms with E-state index >= 15 is 0 Å². The number of hydrogen-bond donors (Lipinski definition) is 1. The molecule has 1 aromatic rings. The smallest absolute Gasteiger partial charge is 0.306 e. The third-order valence-corrected chi connectivity index (χ3v) is 4.49. The van der Waals surface area contributed by atoms with Crippen molar-refractivity contribution in [3.63, 3.8) is 0 Å². The van der Waals surface area contributed by atoms with Crippen LogP contribution < -0.4 is 0 Å². The van der Waals surface area contributed by atoms with Gasteiger partial charge in [0, 0.05) is 19.6 Å². The highest BCUT2D eigenvalue weighted by Gasteiger charge is 2.34. The van der Waals surface area contributed by atoms with Gasteiger partial charge >= 0.3 is 5.97 Å². The highest BCUT2D eigenvalue weighted by Crippen LogP contribution is 2.40. The van der Waals surface area contributed by atoms with Gasteiger partial charge in [0.2, 0.25) is 0 Å². The molecule has 0 aromatic heterocycles. The molecule has 1 atom stereocenters. The molecule has 1 N–H and O–H groups in total. The van der Waals surface area contributed by atoms with Crippen molar-refractivity contribution in [3.8, 4) is 0 Å². The Balaban J connectivity index is 1.53. The zero-order valence-corrected chi connectivity index (χ0v) is 11.4. The number of carbonyl (C=O) groups is 1. The number of hydrogen-bond acceptors (Lipinski definition) is 2. The molecule has 3 heteroatoms. The summed E-state index contributed by atoms with van der Waals surface area (Å²) in [6.45, 7) is 4.61. The van der Waals surface area contributed by atoms with Crippen LogP contribution in [0.4, 0.5) is 0 Å². The molecular weight excluding hydrogens is 238 g/mol. The zero-order chi connectivity index (χ0) is 13.4. The highest BCUT2D eigenvalue weighted by atomic mass is 16.4. The van der Waals surface area contributed by atoms with Gasteiger partial charge in [0.05, 0.1) is 5.92 Å². The lowest BCUT2D eigenvalue weighted by molar-refractivity contribution is -0.145. The van der Waals surface area contributed by atoms with Crippen LogP contribution in [0.3, 0.4) is 0 Å². The summed E-state index contributed by atoms with van der Waals surface area (Å²) in [7, 11) is 0. The van der Waals surface area contributed by atoms with Crippen molar-refractivity contribution in [1.82, 2.24) is 4.90 Å². The average molecular weight is 259 g/mol. The molecule has 1 unspecified atom stereocenters. The number of likely N-dealkylation sites (tertiary alicyclic amines) is 1. The molecule has 3 nitrogen and oxygen atoms in total. The average Bonchev–Trinajstić information content (AvgIpc) is 3.17. The molecule has 1 aliphatic carbocycles. The van der Waals surface area contributed by atoms with Gasteiger partial charge in [-0.25, -0.2) is 0 Å². The minimum absolute atomic E-state index is 0.214. The van der Waals surface area contributed by atoms with Crippen LogP contribution in [0, 0.1) is 11.8 Å². The molecule has 2 aliphatic rings. The molecular formula is C16H21NO2. The SMILES string of the molecule is CC(C(=O)O)C1CN(Cc2cccc(C3CC3)c2)C1. The van der Waals surface area contributed by atoms with Crippen LogP contribution in [0.5, 0.6) is 0 Å². The largest absolute Gasteiger partial charge is 0.481 e. The molecule has 1 heterocycles. The molecule has 1 aromatic carbocycles. The fourth-order valence-electron chi connectivity index (χ4n) is 2.88. The summed E-state index contributed by atoms with van der Waals surface area (Å²) in [5.74, 6) is 0.245. The lowest BCUT2D eigenvalue weighted by Gasteiger charge is -2.41. The first-order valence-corrected chi connectivity index (χ1v) is 7.17. The molecule has 0 amide bonds. The van der Waals surface area contributed by atoms with Crippen molar-refractivity contribution < 1.29 is 9.90 Å². The van der Waals surface area contributed by atoms with Gasteiger partial charge in [-0.05, 0) is 35.8 Å². The first-order valence-electron chi connectivity index (χ1n) is 7.17. The zero-order valence-electron chi connectivity index (χ0n) is 11.4. The first kappa shape index (κ1) is 12.7. The van der Waals surface area contributed by atoms with E-state index in [9.17, 15) is 4.79 Å². The van der Waals surface area contributed by atoms with Gasteiger partial charge in [-0.1, -0.05) is 31.2 Å². The van der Waals surface area contributed by atoms with Crippen molar-refractivity contribution >= 4 is 5.97 Å². The van der Waals surface area contributed by atoms with Crippen LogP contribution in [-0.2, 0) is 11.3 Å². The van der Waals surface area contributed by atoms with E-state index in [1.165, 1.54) is 24.0 Å². The summed E-state index contributed by atoms with van der Waals surface area (Å²) in [5, 5.41) is 8.98. The van der Waals surface area contributed by atoms with E-state index in [0.717, 1.165) is 25.6 Å². The van der Waals surface area contributed by atoms with Gasteiger partial charge < -0.3 is 5.11 Å². The van der Waals surface area contributed by atoms with E-state index in [4.69, 9.17) is 5.11 Å². The Kier molecular flexibility index (Phi) is 3.31. The lowest BCUT2D eigenvalue weighted by atomic mass is 9.87. The number of benzene rings is 1. The Hall–Kier alpha value is -1.35. The van der Waals surface area contributed by atoms with Crippen LogP contribution >= 0.6 is 0 Å². The number of carboxylic acid groups (broad SMARTS) is 1. The van der Waals surface area contributed by atoms with E-state index in [1.807, 2.05) is 6.92 Å². The number of aliphatic carboxylic acids is 1. The van der Waals surface area contributed by atoms with Crippen LogP contribution in [0.1, 0.15) is 36.8 Å². The summed E-state index contributed by atoms with van der Waals surface area (Å²) >= 11 is 0. The summed E-state index contributed by atoms with van der Waals surface area (Å²) in [4.78, 5) is 13.2. The molecule has 0 radical (unpaired) electrons. The fourth-order valence-corrected chi connectivity index (χ4v) is 2.88. The first-order chi connectivity index (χ1) is 9.13. The fraction of sp³-hybridized carbons (Fsp3) is 0.562. The number of carboxylic acids is 1. The van der Waals surface area contributed by atoms with Crippen LogP contribution in [0.2, 0.25) is 0 Å². The normalized spacial score (nSPS) is 21.9. The van der Waals surface area contributed by atoms with Crippen LogP contribution in [-0.4, -0.2) is 29.1 Å². The van der Waals surface area contributed by atoms with Gasteiger partial charge in [-0.2, -0.15) is 0 Å². The monoisotopic (exact) mass is 259 g/mol. The topological polar surface area (TPSA) is 40.5 Å². The van der Waals surface area contributed by atoms with Gasteiger partial charge in [0.1, 0.15) is 0 Å². The van der Waals surface area contributed by atoms with E-state index in [1.54, 1.807) is 0 Å². The third-order valence-electron chi connectivity index (χ3n) is 4.49. The Morgan fingerprint density at radius 3 is 2.79 bits per heavy atom. The molecule has 1 saturated carbocycles. The molecule has 1 saturated heterocycles. The molecule has 3 rings (SSSR count). The second-order valence-electron chi connectivity index (χ2n) is 6.10. The van der Waals surface area contributed by atoms with Crippen molar-refractivity contribution in [2.24, 2.45) is 11.8 Å². The van der Waals surface area contributed by atoms with E-state index in [-0.39, 0.29) is 5.92 Å². The maximum Gasteiger partial charge on any atom is 0.306 e. The molecule has 0 bridgehead atoms. The quantitative estimate of drug-likeness (QED) is 0.884. The summed E-state index contributed by atoms with van der Waals surface area (Å²) in [5.41, 5.74) is 2.85. The maximum absolute atomic E-state index is 10.9. The summed E-state index contributed by atoms with van der Waals surface area (Å²) < 4.78 is 0. The Bertz CT molecular complexity index is 475.